The molecule has 1 aliphatic heterocycles. The van der Waals surface area contributed by atoms with Crippen LogP contribution in [0.4, 0.5) is 0 Å². The molecule has 0 bridgehead atoms. The second-order valence-corrected chi connectivity index (χ2v) is 4.87. The number of nitrogens with one attached hydrogen (secondary N) is 1. The molecular weight excluding hydrogens is 196 g/mol. The van der Waals surface area contributed by atoms with Gasteiger partial charge in [0.25, 0.3) is 0 Å². The lowest BCUT2D eigenvalue weighted by Crippen LogP contribution is -2.40. The van der Waals surface area contributed by atoms with Crippen molar-refractivity contribution in [1.29, 1.82) is 5.26 Å². The highest BCUT2D eigenvalue weighted by Gasteiger charge is 2.22. The minimum Gasteiger partial charge on any atom is -0.377 e. The molecule has 2 atom stereocenters. The van der Waals surface area contributed by atoms with E-state index in [0.29, 0.717) is 6.10 Å². The van der Waals surface area contributed by atoms with Gasteiger partial charge >= 0.3 is 0 Å². The first kappa shape index (κ1) is 11.8. The molecule has 0 amide bonds. The highest BCUT2D eigenvalue weighted by Crippen LogP contribution is 2.19. The van der Waals surface area contributed by atoms with Crippen LogP contribution in [0.15, 0.2) is 0 Å². The normalized spacial score (nSPS) is 25.6. The van der Waals surface area contributed by atoms with Gasteiger partial charge in [0.05, 0.1) is 12.2 Å². The Morgan fingerprint density at radius 3 is 3.00 bits per heavy atom. The zero-order chi connectivity index (χ0) is 10.4. The monoisotopic (exact) mass is 214 g/mol. The zero-order valence-corrected chi connectivity index (χ0v) is 9.69. The van der Waals surface area contributed by atoms with Crippen molar-refractivity contribution in [3.8, 4) is 6.07 Å². The Morgan fingerprint density at radius 1 is 1.71 bits per heavy atom. The van der Waals surface area contributed by atoms with Crippen molar-refractivity contribution < 1.29 is 4.74 Å². The van der Waals surface area contributed by atoms with Gasteiger partial charge in [0, 0.05) is 18.1 Å². The van der Waals surface area contributed by atoms with Crippen molar-refractivity contribution in [3.63, 3.8) is 0 Å². The second kappa shape index (κ2) is 5.59. The predicted octanol–water partition coefficient (Wildman–Crippen LogP) is 1.40. The number of hydrogen-bond donors (Lipinski definition) is 1. The fraction of sp³-hybridized carbons (Fsp3) is 0.900. The van der Waals surface area contributed by atoms with Crippen LogP contribution >= 0.6 is 11.8 Å². The van der Waals surface area contributed by atoms with Crippen molar-refractivity contribution in [2.24, 2.45) is 0 Å². The SMILES string of the molecule is CNC(C)(C#N)CSCC1CCCO1. The standard InChI is InChI=1S/C10H18N2OS/c1-10(7-11,12-2)8-14-6-9-4-3-5-13-9/h9,12H,3-6,8H2,1-2H3. The molecule has 1 rings (SSSR count). The van der Waals surface area contributed by atoms with Crippen LogP contribution < -0.4 is 5.32 Å². The average molecular weight is 214 g/mol. The largest absolute Gasteiger partial charge is 0.377 e. The van der Waals surface area contributed by atoms with Crippen LogP contribution in [0, 0.1) is 11.3 Å². The Balaban J connectivity index is 2.16. The van der Waals surface area contributed by atoms with Gasteiger partial charge in [-0.1, -0.05) is 0 Å². The smallest absolute Gasteiger partial charge is 0.112 e. The summed E-state index contributed by atoms with van der Waals surface area (Å²) in [5.41, 5.74) is -0.400. The Hall–Kier alpha value is -0.240. The summed E-state index contributed by atoms with van der Waals surface area (Å²) in [5.74, 6) is 1.83. The van der Waals surface area contributed by atoms with Gasteiger partial charge in [-0.25, -0.2) is 0 Å². The van der Waals surface area contributed by atoms with E-state index in [0.717, 1.165) is 18.1 Å². The first-order valence-electron chi connectivity index (χ1n) is 5.00. The predicted molar refractivity (Wildman–Crippen MR) is 59.4 cm³/mol. The molecule has 0 saturated carbocycles. The molecule has 1 fully saturated rings. The number of thioether (sulfide) groups is 1. The van der Waals surface area contributed by atoms with Gasteiger partial charge in [0.15, 0.2) is 0 Å². The fourth-order valence-electron chi connectivity index (χ4n) is 1.33. The van der Waals surface area contributed by atoms with E-state index in [-0.39, 0.29) is 0 Å². The van der Waals surface area contributed by atoms with E-state index in [9.17, 15) is 0 Å². The lowest BCUT2D eigenvalue weighted by molar-refractivity contribution is 0.129. The van der Waals surface area contributed by atoms with E-state index in [4.69, 9.17) is 10.00 Å². The van der Waals surface area contributed by atoms with Crippen LogP contribution in [0.5, 0.6) is 0 Å². The molecule has 3 nitrogen and oxygen atoms in total. The maximum Gasteiger partial charge on any atom is 0.112 e. The fourth-order valence-corrected chi connectivity index (χ4v) is 2.59. The number of rotatable bonds is 5. The summed E-state index contributed by atoms with van der Waals surface area (Å²) in [6.45, 7) is 2.84. The Morgan fingerprint density at radius 2 is 2.50 bits per heavy atom. The Kier molecular flexibility index (Phi) is 4.73. The number of ether oxygens (including phenoxy) is 1. The molecule has 0 aromatic heterocycles. The second-order valence-electron chi connectivity index (χ2n) is 3.84. The quantitative estimate of drug-likeness (QED) is 0.751. The summed E-state index contributed by atoms with van der Waals surface area (Å²) < 4.78 is 5.51. The molecule has 14 heavy (non-hydrogen) atoms. The van der Waals surface area contributed by atoms with E-state index in [1.54, 1.807) is 11.8 Å². The van der Waals surface area contributed by atoms with Crippen LogP contribution in [0.25, 0.3) is 0 Å². The molecule has 1 heterocycles. The van der Waals surface area contributed by atoms with Crippen molar-refractivity contribution in [3.05, 3.63) is 0 Å². The molecule has 2 unspecified atom stereocenters. The highest BCUT2D eigenvalue weighted by atomic mass is 32.2. The molecule has 1 saturated heterocycles. The molecule has 0 spiro atoms. The highest BCUT2D eigenvalue weighted by molar-refractivity contribution is 7.99. The summed E-state index contributed by atoms with van der Waals surface area (Å²) in [4.78, 5) is 0. The van der Waals surface area contributed by atoms with Gasteiger partial charge in [-0.3, -0.25) is 0 Å². The van der Waals surface area contributed by atoms with Gasteiger partial charge in [0.2, 0.25) is 0 Å². The van der Waals surface area contributed by atoms with Crippen LogP contribution in [-0.4, -0.2) is 36.8 Å². The van der Waals surface area contributed by atoms with E-state index >= 15 is 0 Å². The van der Waals surface area contributed by atoms with Crippen LogP contribution in [0.1, 0.15) is 19.8 Å². The Labute approximate surface area is 90.2 Å². The van der Waals surface area contributed by atoms with Crippen molar-refractivity contribution in [2.45, 2.75) is 31.4 Å². The van der Waals surface area contributed by atoms with Gasteiger partial charge in [-0.05, 0) is 26.8 Å². The van der Waals surface area contributed by atoms with Crippen LogP contribution in [-0.2, 0) is 4.74 Å². The number of nitrogens with zero attached hydrogens (tertiary/aromatic N) is 1. The molecule has 80 valence electrons. The zero-order valence-electron chi connectivity index (χ0n) is 8.88. The molecular formula is C10H18N2OS. The van der Waals surface area contributed by atoms with Gasteiger partial charge in [-0.2, -0.15) is 17.0 Å². The average Bonchev–Trinajstić information content (AvgIpc) is 2.70. The maximum atomic E-state index is 8.92. The van der Waals surface area contributed by atoms with E-state index in [1.165, 1.54) is 12.8 Å². The molecule has 0 aromatic carbocycles. The molecule has 0 radical (unpaired) electrons. The van der Waals surface area contributed by atoms with Crippen molar-refractivity contribution in [2.75, 3.05) is 25.2 Å². The summed E-state index contributed by atoms with van der Waals surface area (Å²) >= 11 is 1.80. The third-order valence-corrected chi connectivity index (χ3v) is 3.91. The van der Waals surface area contributed by atoms with E-state index in [1.807, 2.05) is 14.0 Å². The molecule has 0 aromatic rings. The molecule has 1 N–H and O–H groups in total. The Bertz CT molecular complexity index is 211. The topological polar surface area (TPSA) is 45.0 Å². The number of nitriles is 1. The third-order valence-electron chi connectivity index (χ3n) is 2.52. The van der Waals surface area contributed by atoms with Crippen molar-refractivity contribution >= 4 is 11.8 Å². The minimum absolute atomic E-state index is 0.400. The van der Waals surface area contributed by atoms with Crippen LogP contribution in [0.3, 0.4) is 0 Å². The molecule has 0 aliphatic carbocycles. The summed E-state index contributed by atoms with van der Waals surface area (Å²) in [5, 5.41) is 12.0. The van der Waals surface area contributed by atoms with Gasteiger partial charge < -0.3 is 10.1 Å². The van der Waals surface area contributed by atoms with Gasteiger partial charge in [0.1, 0.15) is 5.54 Å². The minimum atomic E-state index is -0.400. The summed E-state index contributed by atoms with van der Waals surface area (Å²) in [7, 11) is 1.83. The third kappa shape index (κ3) is 3.49. The molecule has 4 heteroatoms. The first-order chi connectivity index (χ1) is 6.70. The van der Waals surface area contributed by atoms with E-state index < -0.39 is 5.54 Å². The molecule has 1 aliphatic rings. The summed E-state index contributed by atoms with van der Waals surface area (Å²) in [6, 6.07) is 2.28. The first-order valence-corrected chi connectivity index (χ1v) is 6.15. The van der Waals surface area contributed by atoms with Crippen LogP contribution in [0.2, 0.25) is 0 Å². The van der Waals surface area contributed by atoms with E-state index in [2.05, 4.69) is 11.4 Å². The van der Waals surface area contributed by atoms with Gasteiger partial charge in [-0.15, -0.1) is 0 Å². The maximum absolute atomic E-state index is 8.92. The number of hydrogen-bond acceptors (Lipinski definition) is 4. The lowest BCUT2D eigenvalue weighted by Gasteiger charge is -2.20. The summed E-state index contributed by atoms with van der Waals surface area (Å²) in [6.07, 6.45) is 2.78. The lowest BCUT2D eigenvalue weighted by atomic mass is 10.1. The van der Waals surface area contributed by atoms with Crippen molar-refractivity contribution in [1.82, 2.24) is 5.32 Å².